The van der Waals surface area contributed by atoms with Crippen molar-refractivity contribution in [2.75, 3.05) is 0 Å². The number of ketones is 1. The summed E-state index contributed by atoms with van der Waals surface area (Å²) in [5.41, 5.74) is 1.75. The minimum Gasteiger partial charge on any atom is -0.481 e. The number of carbonyl (C=O) groups excluding carboxylic acids is 1. The Morgan fingerprint density at radius 1 is 1.20 bits per heavy atom. The molecule has 5 heteroatoms. The van der Waals surface area contributed by atoms with Crippen LogP contribution in [0.3, 0.4) is 0 Å². The van der Waals surface area contributed by atoms with Crippen LogP contribution >= 0.6 is 0 Å². The quantitative estimate of drug-likeness (QED) is 0.738. The molecule has 0 spiro atoms. The maximum Gasteiger partial charge on any atom is 0.307 e. The van der Waals surface area contributed by atoms with E-state index in [-0.39, 0.29) is 18.0 Å². The van der Waals surface area contributed by atoms with Crippen LogP contribution in [0.1, 0.15) is 21.8 Å². The zero-order chi connectivity index (χ0) is 14.1. The summed E-state index contributed by atoms with van der Waals surface area (Å²) in [6, 6.07) is 10.2. The summed E-state index contributed by atoms with van der Waals surface area (Å²) in [5, 5.41) is 8.89. The van der Waals surface area contributed by atoms with Crippen LogP contribution in [-0.4, -0.2) is 21.3 Å². The molecule has 3 rings (SSSR count). The van der Waals surface area contributed by atoms with Crippen LogP contribution in [0, 0.1) is 0 Å². The molecular formula is C15H11NO4. The second-order valence-corrected chi connectivity index (χ2v) is 4.43. The van der Waals surface area contributed by atoms with Gasteiger partial charge in [-0.05, 0) is 42.0 Å². The zero-order valence-corrected chi connectivity index (χ0v) is 10.4. The second kappa shape index (κ2) is 4.70. The number of aliphatic carboxylic acids is 1. The number of aromatic nitrogens is 1. The van der Waals surface area contributed by atoms with Gasteiger partial charge in [0.2, 0.25) is 5.78 Å². The standard InChI is InChI=1S/C15H11NO4/c17-14(18)9-10-7-11-3-1-5-16(11)12(8-10)15(19)13-4-2-6-20-13/h1-8H,9H2,(H,17,18). The lowest BCUT2D eigenvalue weighted by atomic mass is 10.1. The van der Waals surface area contributed by atoms with E-state index in [2.05, 4.69) is 0 Å². The van der Waals surface area contributed by atoms with E-state index in [0.29, 0.717) is 11.3 Å². The molecule has 0 aromatic carbocycles. The van der Waals surface area contributed by atoms with Crippen molar-refractivity contribution >= 4 is 17.3 Å². The molecule has 0 unspecified atom stereocenters. The van der Waals surface area contributed by atoms with Gasteiger partial charge in [0.15, 0.2) is 5.76 Å². The van der Waals surface area contributed by atoms with E-state index in [1.807, 2.05) is 6.07 Å². The van der Waals surface area contributed by atoms with Crippen molar-refractivity contribution in [3.63, 3.8) is 0 Å². The van der Waals surface area contributed by atoms with E-state index >= 15 is 0 Å². The fraction of sp³-hybridized carbons (Fsp3) is 0.0667. The molecule has 3 aromatic rings. The van der Waals surface area contributed by atoms with E-state index in [1.54, 1.807) is 40.9 Å². The summed E-state index contributed by atoms with van der Waals surface area (Å²) in [6.45, 7) is 0. The van der Waals surface area contributed by atoms with Gasteiger partial charge in [0, 0.05) is 11.7 Å². The summed E-state index contributed by atoms with van der Waals surface area (Å²) in [6.07, 6.45) is 3.07. The first-order valence-electron chi connectivity index (χ1n) is 6.05. The Kier molecular flexibility index (Phi) is 2.87. The van der Waals surface area contributed by atoms with Crippen LogP contribution in [0.4, 0.5) is 0 Å². The first kappa shape index (κ1) is 12.2. The number of fused-ring (bicyclic) bond motifs is 1. The Morgan fingerprint density at radius 2 is 2.05 bits per heavy atom. The zero-order valence-electron chi connectivity index (χ0n) is 10.4. The largest absolute Gasteiger partial charge is 0.481 e. The van der Waals surface area contributed by atoms with Gasteiger partial charge in [-0.25, -0.2) is 0 Å². The molecule has 0 aliphatic heterocycles. The molecule has 5 nitrogen and oxygen atoms in total. The highest BCUT2D eigenvalue weighted by Gasteiger charge is 2.17. The first-order chi connectivity index (χ1) is 9.65. The Labute approximate surface area is 114 Å². The highest BCUT2D eigenvalue weighted by Crippen LogP contribution is 2.17. The van der Waals surface area contributed by atoms with E-state index in [4.69, 9.17) is 9.52 Å². The molecule has 0 aliphatic rings. The molecule has 1 N–H and O–H groups in total. The topological polar surface area (TPSA) is 71.9 Å². The molecule has 0 fully saturated rings. The lowest BCUT2D eigenvalue weighted by Gasteiger charge is -2.07. The van der Waals surface area contributed by atoms with Crippen molar-refractivity contribution in [2.45, 2.75) is 6.42 Å². The minimum absolute atomic E-state index is 0.125. The molecule has 0 amide bonds. The van der Waals surface area contributed by atoms with Gasteiger partial charge in [-0.15, -0.1) is 0 Å². The Bertz CT molecular complexity index is 783. The summed E-state index contributed by atoms with van der Waals surface area (Å²) >= 11 is 0. The monoisotopic (exact) mass is 269 g/mol. The van der Waals surface area contributed by atoms with Crippen molar-refractivity contribution in [2.24, 2.45) is 0 Å². The van der Waals surface area contributed by atoms with Gasteiger partial charge in [-0.2, -0.15) is 0 Å². The Hall–Kier alpha value is -2.82. The predicted octanol–water partition coefficient (Wildman–Crippen LogP) is 2.39. The molecular weight excluding hydrogens is 258 g/mol. The van der Waals surface area contributed by atoms with Gasteiger partial charge in [0.25, 0.3) is 0 Å². The third kappa shape index (κ3) is 2.09. The Balaban J connectivity index is 2.15. The summed E-state index contributed by atoms with van der Waals surface area (Å²) < 4.78 is 6.84. The number of carbonyl (C=O) groups is 2. The summed E-state index contributed by atoms with van der Waals surface area (Å²) in [4.78, 5) is 23.2. The van der Waals surface area contributed by atoms with Gasteiger partial charge in [-0.1, -0.05) is 0 Å². The molecule has 0 saturated heterocycles. The van der Waals surface area contributed by atoms with Crippen LogP contribution < -0.4 is 0 Å². The molecule has 3 heterocycles. The number of hydrogen-bond acceptors (Lipinski definition) is 3. The first-order valence-corrected chi connectivity index (χ1v) is 6.05. The number of pyridine rings is 1. The van der Waals surface area contributed by atoms with E-state index in [9.17, 15) is 9.59 Å². The number of rotatable bonds is 4. The number of furan rings is 1. The lowest BCUT2D eigenvalue weighted by Crippen LogP contribution is -2.09. The number of nitrogens with zero attached hydrogens (tertiary/aromatic N) is 1. The van der Waals surface area contributed by atoms with Crippen molar-refractivity contribution in [1.29, 1.82) is 0 Å². The summed E-state index contributed by atoms with van der Waals surface area (Å²) in [7, 11) is 0. The average Bonchev–Trinajstić information content (AvgIpc) is 3.07. The number of hydrogen-bond donors (Lipinski definition) is 1. The molecule has 0 atom stereocenters. The van der Waals surface area contributed by atoms with Crippen molar-refractivity contribution in [3.05, 3.63) is 65.9 Å². The smallest absolute Gasteiger partial charge is 0.307 e. The average molecular weight is 269 g/mol. The lowest BCUT2D eigenvalue weighted by molar-refractivity contribution is -0.136. The van der Waals surface area contributed by atoms with Crippen LogP contribution in [0.2, 0.25) is 0 Å². The van der Waals surface area contributed by atoms with Crippen LogP contribution in [0.25, 0.3) is 5.52 Å². The molecule has 0 radical (unpaired) electrons. The van der Waals surface area contributed by atoms with E-state index in [0.717, 1.165) is 5.52 Å². The molecule has 0 aliphatic carbocycles. The molecule has 0 bridgehead atoms. The highest BCUT2D eigenvalue weighted by atomic mass is 16.4. The van der Waals surface area contributed by atoms with Gasteiger partial charge >= 0.3 is 5.97 Å². The summed E-state index contributed by atoms with van der Waals surface area (Å²) in [5.74, 6) is -0.979. The van der Waals surface area contributed by atoms with Gasteiger partial charge in [0.1, 0.15) is 0 Å². The fourth-order valence-corrected chi connectivity index (χ4v) is 2.19. The van der Waals surface area contributed by atoms with Crippen molar-refractivity contribution in [3.8, 4) is 0 Å². The third-order valence-electron chi connectivity index (χ3n) is 3.03. The highest BCUT2D eigenvalue weighted by molar-refractivity contribution is 6.06. The third-order valence-corrected chi connectivity index (χ3v) is 3.03. The molecule has 100 valence electrons. The van der Waals surface area contributed by atoms with E-state index in [1.165, 1.54) is 6.26 Å². The van der Waals surface area contributed by atoms with Crippen LogP contribution in [0.15, 0.2) is 53.3 Å². The Morgan fingerprint density at radius 3 is 2.75 bits per heavy atom. The molecule has 3 aromatic heterocycles. The normalized spacial score (nSPS) is 10.8. The second-order valence-electron chi connectivity index (χ2n) is 4.43. The van der Waals surface area contributed by atoms with Crippen molar-refractivity contribution in [1.82, 2.24) is 4.40 Å². The molecule has 0 saturated carbocycles. The van der Waals surface area contributed by atoms with E-state index < -0.39 is 5.97 Å². The van der Waals surface area contributed by atoms with Crippen molar-refractivity contribution < 1.29 is 19.1 Å². The van der Waals surface area contributed by atoms with Crippen LogP contribution in [0.5, 0.6) is 0 Å². The van der Waals surface area contributed by atoms with Gasteiger partial charge in [0.05, 0.1) is 18.4 Å². The van der Waals surface area contributed by atoms with Gasteiger partial charge < -0.3 is 13.9 Å². The predicted molar refractivity (Wildman–Crippen MR) is 70.9 cm³/mol. The maximum atomic E-state index is 12.4. The minimum atomic E-state index is -0.933. The number of carboxylic acid groups (broad SMARTS) is 1. The van der Waals surface area contributed by atoms with Gasteiger partial charge in [-0.3, -0.25) is 9.59 Å². The SMILES string of the molecule is O=C(O)Cc1cc(C(=O)c2ccco2)n2cccc2c1. The number of carboxylic acids is 1. The molecule has 20 heavy (non-hydrogen) atoms. The maximum absolute atomic E-state index is 12.4. The fourth-order valence-electron chi connectivity index (χ4n) is 2.19. The van der Waals surface area contributed by atoms with Crippen LogP contribution in [-0.2, 0) is 11.2 Å².